The highest BCUT2D eigenvalue weighted by atomic mass is 19.1. The van der Waals surface area contributed by atoms with Crippen LogP contribution in [0, 0.1) is 5.82 Å². The largest absolute Gasteiger partial charge is 0.457 e. The maximum absolute atomic E-state index is 13.0. The van der Waals surface area contributed by atoms with Crippen molar-refractivity contribution < 1.29 is 27.9 Å². The van der Waals surface area contributed by atoms with Crippen LogP contribution >= 0.6 is 0 Å². The Kier molecular flexibility index (Phi) is 8.46. The van der Waals surface area contributed by atoms with Gasteiger partial charge in [-0.05, 0) is 42.7 Å². The molecule has 33 heavy (non-hydrogen) atoms. The lowest BCUT2D eigenvalue weighted by Gasteiger charge is -2.06. The van der Waals surface area contributed by atoms with Gasteiger partial charge in [-0.25, -0.2) is 9.37 Å². The number of nitrogens with zero attached hydrogens (tertiary/aromatic N) is 1. The molecule has 0 unspecified atom stereocenters. The second-order valence-electron chi connectivity index (χ2n) is 7.49. The smallest absolute Gasteiger partial charge is 0.306 e. The van der Waals surface area contributed by atoms with Gasteiger partial charge < -0.3 is 14.5 Å². The lowest BCUT2D eigenvalue weighted by Crippen LogP contribution is -2.21. The number of hydrogen-bond donors (Lipinski definition) is 1. The third-order valence-corrected chi connectivity index (χ3v) is 4.88. The quantitative estimate of drug-likeness (QED) is 0.269. The summed E-state index contributed by atoms with van der Waals surface area (Å²) < 4.78 is 23.7. The molecular formula is C25H25FN2O5. The molecule has 172 valence electrons. The van der Waals surface area contributed by atoms with Crippen LogP contribution in [0.25, 0.3) is 11.3 Å². The molecule has 0 aliphatic heterocycles. The molecule has 0 bridgehead atoms. The number of halogens is 1. The summed E-state index contributed by atoms with van der Waals surface area (Å²) in [5, 5.41) is 2.74. The highest BCUT2D eigenvalue weighted by Gasteiger charge is 2.13. The molecule has 2 aromatic carbocycles. The molecule has 0 fully saturated rings. The number of carbonyl (C=O) groups is 3. The first-order chi connectivity index (χ1) is 15.9. The van der Waals surface area contributed by atoms with Gasteiger partial charge in [-0.2, -0.15) is 0 Å². The summed E-state index contributed by atoms with van der Waals surface area (Å²) in [6.07, 6.45) is 3.35. The zero-order valence-electron chi connectivity index (χ0n) is 18.3. The van der Waals surface area contributed by atoms with Gasteiger partial charge in [0, 0.05) is 31.0 Å². The first kappa shape index (κ1) is 23.8. The van der Waals surface area contributed by atoms with Crippen LogP contribution in [-0.2, 0) is 27.2 Å². The normalized spacial score (nSPS) is 10.6. The van der Waals surface area contributed by atoms with Gasteiger partial charge in [0.1, 0.15) is 5.82 Å². The van der Waals surface area contributed by atoms with E-state index in [1.54, 1.807) is 24.3 Å². The molecule has 0 aliphatic rings. The Morgan fingerprint density at radius 2 is 1.76 bits per heavy atom. The van der Waals surface area contributed by atoms with Crippen molar-refractivity contribution in [2.24, 2.45) is 0 Å². The van der Waals surface area contributed by atoms with Crippen molar-refractivity contribution in [3.05, 3.63) is 77.6 Å². The number of amides is 1. The topological polar surface area (TPSA) is 98.5 Å². The molecule has 8 heteroatoms. The Balaban J connectivity index is 1.39. The molecule has 0 radical (unpaired) electrons. The SMILES string of the molecule is CC(=O)NCCCc1ccc(C(=O)COC(=O)CCc2ncc(-c3ccc(F)cc3)o2)cc1. The third kappa shape index (κ3) is 7.68. The lowest BCUT2D eigenvalue weighted by molar-refractivity contribution is -0.142. The monoisotopic (exact) mass is 452 g/mol. The Morgan fingerprint density at radius 1 is 1.03 bits per heavy atom. The average molecular weight is 452 g/mol. The lowest BCUT2D eigenvalue weighted by atomic mass is 10.1. The van der Waals surface area contributed by atoms with Crippen molar-refractivity contribution in [1.29, 1.82) is 0 Å². The Bertz CT molecular complexity index is 1090. The molecule has 0 saturated carbocycles. The van der Waals surface area contributed by atoms with Crippen molar-refractivity contribution in [2.75, 3.05) is 13.2 Å². The molecule has 1 amide bonds. The van der Waals surface area contributed by atoms with Crippen LogP contribution in [0.1, 0.15) is 41.6 Å². The van der Waals surface area contributed by atoms with Crippen LogP contribution in [0.5, 0.6) is 0 Å². The van der Waals surface area contributed by atoms with Crippen molar-refractivity contribution in [1.82, 2.24) is 10.3 Å². The first-order valence-corrected chi connectivity index (χ1v) is 10.6. The average Bonchev–Trinajstić information content (AvgIpc) is 3.29. The molecule has 3 aromatic rings. The Morgan fingerprint density at radius 3 is 2.45 bits per heavy atom. The minimum atomic E-state index is -0.528. The number of aryl methyl sites for hydroxylation is 2. The van der Waals surface area contributed by atoms with Gasteiger partial charge in [-0.15, -0.1) is 0 Å². The van der Waals surface area contributed by atoms with E-state index < -0.39 is 5.97 Å². The molecule has 1 heterocycles. The van der Waals surface area contributed by atoms with Crippen LogP contribution in [0.15, 0.2) is 59.1 Å². The summed E-state index contributed by atoms with van der Waals surface area (Å²) in [4.78, 5) is 39.2. The van der Waals surface area contributed by atoms with E-state index in [-0.39, 0.29) is 37.0 Å². The standard InChI is InChI=1S/C25H25FN2O5/c1-17(29)27-14-2-3-18-4-6-19(7-5-18)22(30)16-32-25(31)13-12-24-28-15-23(33-24)20-8-10-21(26)11-9-20/h4-11,15H,2-3,12-14,16H2,1H3,(H,27,29). The van der Waals surface area contributed by atoms with E-state index in [0.717, 1.165) is 18.4 Å². The first-order valence-electron chi connectivity index (χ1n) is 10.6. The number of oxazole rings is 1. The van der Waals surface area contributed by atoms with Crippen LogP contribution < -0.4 is 5.32 Å². The highest BCUT2D eigenvalue weighted by Crippen LogP contribution is 2.21. The molecule has 0 spiro atoms. The molecule has 1 N–H and O–H groups in total. The van der Waals surface area contributed by atoms with Crippen LogP contribution in [-0.4, -0.2) is 35.8 Å². The van der Waals surface area contributed by atoms with E-state index in [1.165, 1.54) is 25.3 Å². The summed E-state index contributed by atoms with van der Waals surface area (Å²) in [5.74, 6) is -0.382. The number of esters is 1. The van der Waals surface area contributed by atoms with E-state index in [9.17, 15) is 18.8 Å². The fraction of sp³-hybridized carbons (Fsp3) is 0.280. The minimum absolute atomic E-state index is 0.0177. The van der Waals surface area contributed by atoms with Gasteiger partial charge in [-0.3, -0.25) is 14.4 Å². The zero-order valence-corrected chi connectivity index (χ0v) is 18.3. The fourth-order valence-electron chi connectivity index (χ4n) is 3.10. The number of benzene rings is 2. The minimum Gasteiger partial charge on any atom is -0.457 e. The van der Waals surface area contributed by atoms with Crippen molar-refractivity contribution in [2.45, 2.75) is 32.6 Å². The summed E-state index contributed by atoms with van der Waals surface area (Å²) >= 11 is 0. The summed E-state index contributed by atoms with van der Waals surface area (Å²) in [7, 11) is 0. The number of ketones is 1. The van der Waals surface area contributed by atoms with Gasteiger partial charge >= 0.3 is 5.97 Å². The number of carbonyl (C=O) groups excluding carboxylic acids is 3. The van der Waals surface area contributed by atoms with Crippen molar-refractivity contribution in [3.63, 3.8) is 0 Å². The van der Waals surface area contributed by atoms with E-state index in [2.05, 4.69) is 10.3 Å². The predicted octanol–water partition coefficient (Wildman–Crippen LogP) is 3.91. The number of Topliss-reactive ketones (excluding diaryl/α,β-unsaturated/α-hetero) is 1. The third-order valence-electron chi connectivity index (χ3n) is 4.88. The number of rotatable bonds is 11. The highest BCUT2D eigenvalue weighted by molar-refractivity contribution is 5.97. The summed E-state index contributed by atoms with van der Waals surface area (Å²) in [6.45, 7) is 1.74. The Labute approximate surface area is 191 Å². The molecule has 0 aliphatic carbocycles. The van der Waals surface area contributed by atoms with Crippen molar-refractivity contribution >= 4 is 17.7 Å². The summed E-state index contributed by atoms with van der Waals surface area (Å²) in [6, 6.07) is 12.9. The number of hydrogen-bond acceptors (Lipinski definition) is 6. The van der Waals surface area contributed by atoms with E-state index >= 15 is 0 Å². The molecular weight excluding hydrogens is 427 g/mol. The van der Waals surface area contributed by atoms with E-state index in [1.807, 2.05) is 12.1 Å². The number of nitrogens with one attached hydrogen (secondary N) is 1. The van der Waals surface area contributed by atoms with Crippen molar-refractivity contribution in [3.8, 4) is 11.3 Å². The van der Waals surface area contributed by atoms with Crippen LogP contribution in [0.3, 0.4) is 0 Å². The predicted molar refractivity (Wildman–Crippen MR) is 119 cm³/mol. The molecule has 7 nitrogen and oxygen atoms in total. The summed E-state index contributed by atoms with van der Waals surface area (Å²) in [5.41, 5.74) is 2.20. The number of ether oxygens (including phenoxy) is 1. The van der Waals surface area contributed by atoms with Gasteiger partial charge in [-0.1, -0.05) is 24.3 Å². The second-order valence-corrected chi connectivity index (χ2v) is 7.49. The maximum atomic E-state index is 13.0. The Hall–Kier alpha value is -3.81. The zero-order chi connectivity index (χ0) is 23.6. The molecule has 3 rings (SSSR count). The molecule has 1 aromatic heterocycles. The second kappa shape index (κ2) is 11.7. The van der Waals surface area contributed by atoms with Gasteiger partial charge in [0.2, 0.25) is 5.91 Å². The van der Waals surface area contributed by atoms with Gasteiger partial charge in [0.25, 0.3) is 0 Å². The van der Waals surface area contributed by atoms with Gasteiger partial charge in [0.05, 0.1) is 12.6 Å². The van der Waals surface area contributed by atoms with Crippen LogP contribution in [0.4, 0.5) is 4.39 Å². The number of aromatic nitrogens is 1. The van der Waals surface area contributed by atoms with Gasteiger partial charge in [0.15, 0.2) is 24.0 Å². The van der Waals surface area contributed by atoms with Crippen LogP contribution in [0.2, 0.25) is 0 Å². The molecule has 0 saturated heterocycles. The fourth-order valence-corrected chi connectivity index (χ4v) is 3.10. The van der Waals surface area contributed by atoms with E-state index in [0.29, 0.717) is 29.3 Å². The molecule has 0 atom stereocenters. The van der Waals surface area contributed by atoms with E-state index in [4.69, 9.17) is 9.15 Å². The maximum Gasteiger partial charge on any atom is 0.306 e.